The van der Waals surface area contributed by atoms with E-state index in [1.54, 1.807) is 26.3 Å². The zero-order chi connectivity index (χ0) is 18.1. The Bertz CT molecular complexity index is 704. The van der Waals surface area contributed by atoms with Crippen molar-refractivity contribution in [2.24, 2.45) is 4.99 Å². The lowest BCUT2D eigenvalue weighted by atomic mass is 10.2. The van der Waals surface area contributed by atoms with Crippen molar-refractivity contribution in [2.75, 3.05) is 34.3 Å². The number of halogens is 1. The first-order valence-corrected chi connectivity index (χ1v) is 8.01. The van der Waals surface area contributed by atoms with E-state index < -0.39 is 0 Å². The molecule has 26 heavy (non-hydrogen) atoms. The molecule has 0 bridgehead atoms. The number of rotatable bonds is 7. The minimum atomic E-state index is -0.232. The molecule has 8 heteroatoms. The van der Waals surface area contributed by atoms with Crippen LogP contribution in [0, 0.1) is 0 Å². The highest BCUT2D eigenvalue weighted by molar-refractivity contribution is 14.0. The van der Waals surface area contributed by atoms with Gasteiger partial charge >= 0.3 is 0 Å². The fraction of sp³-hybridized carbons (Fsp3) is 0.333. The lowest BCUT2D eigenvalue weighted by Gasteiger charge is -2.23. The number of amides is 1. The van der Waals surface area contributed by atoms with Gasteiger partial charge in [-0.15, -0.1) is 24.0 Å². The Labute approximate surface area is 170 Å². The molecule has 0 spiro atoms. The van der Waals surface area contributed by atoms with Gasteiger partial charge < -0.3 is 24.7 Å². The van der Waals surface area contributed by atoms with Gasteiger partial charge in [-0.3, -0.25) is 9.79 Å². The van der Waals surface area contributed by atoms with E-state index >= 15 is 0 Å². The van der Waals surface area contributed by atoms with Crippen LogP contribution in [0.4, 0.5) is 0 Å². The van der Waals surface area contributed by atoms with E-state index in [0.717, 1.165) is 17.3 Å². The summed E-state index contributed by atoms with van der Waals surface area (Å²) < 4.78 is 10.4. The fourth-order valence-corrected chi connectivity index (χ4v) is 2.39. The molecule has 0 atom stereocenters. The van der Waals surface area contributed by atoms with Crippen LogP contribution < -0.4 is 15.4 Å². The Balaban J connectivity index is 0.00000338. The number of guanidine groups is 1. The molecule has 1 heterocycles. The second-order valence-electron chi connectivity index (χ2n) is 5.38. The van der Waals surface area contributed by atoms with E-state index in [1.165, 1.54) is 6.26 Å². The number of nitrogens with zero attached hydrogens (tertiary/aromatic N) is 2. The zero-order valence-corrected chi connectivity index (χ0v) is 17.5. The summed E-state index contributed by atoms with van der Waals surface area (Å²) in [6.45, 7) is 1.67. The van der Waals surface area contributed by atoms with Crippen LogP contribution in [0.1, 0.15) is 16.1 Å². The van der Waals surface area contributed by atoms with Crippen LogP contribution in [0.25, 0.3) is 0 Å². The summed E-state index contributed by atoms with van der Waals surface area (Å²) in [5, 5.41) is 6.00. The molecular formula is C18H25IN4O3. The van der Waals surface area contributed by atoms with Crippen molar-refractivity contribution in [3.05, 3.63) is 54.0 Å². The molecule has 2 N–H and O–H groups in total. The molecule has 0 unspecified atom stereocenters. The third-order valence-corrected chi connectivity index (χ3v) is 3.61. The number of carbonyl (C=O) groups is 1. The fourth-order valence-electron chi connectivity index (χ4n) is 2.39. The highest BCUT2D eigenvalue weighted by Crippen LogP contribution is 2.18. The first-order valence-electron chi connectivity index (χ1n) is 8.01. The number of ether oxygens (including phenoxy) is 1. The van der Waals surface area contributed by atoms with Crippen molar-refractivity contribution in [1.29, 1.82) is 0 Å². The number of para-hydroxylation sites is 1. The van der Waals surface area contributed by atoms with E-state index in [0.29, 0.717) is 25.4 Å². The molecule has 0 saturated heterocycles. The zero-order valence-electron chi connectivity index (χ0n) is 15.2. The number of hydrogen-bond donors (Lipinski definition) is 2. The molecule has 0 aliphatic rings. The number of nitrogens with one attached hydrogen (secondary N) is 2. The molecule has 2 aromatic rings. The van der Waals surface area contributed by atoms with Crippen molar-refractivity contribution in [2.45, 2.75) is 6.54 Å². The van der Waals surface area contributed by atoms with Gasteiger partial charge in [0.15, 0.2) is 11.7 Å². The quantitative estimate of drug-likeness (QED) is 0.280. The van der Waals surface area contributed by atoms with Crippen LogP contribution in [0.3, 0.4) is 0 Å². The summed E-state index contributed by atoms with van der Waals surface area (Å²) in [6.07, 6.45) is 1.47. The Hall–Kier alpha value is -2.23. The smallest absolute Gasteiger partial charge is 0.287 e. The predicted molar refractivity (Wildman–Crippen MR) is 112 cm³/mol. The molecule has 2 rings (SSSR count). The normalized spacial score (nSPS) is 10.7. The summed E-state index contributed by atoms with van der Waals surface area (Å²) in [5.74, 6) is 1.65. The summed E-state index contributed by atoms with van der Waals surface area (Å²) in [5.41, 5.74) is 1.07. The molecular weight excluding hydrogens is 447 g/mol. The van der Waals surface area contributed by atoms with E-state index in [-0.39, 0.29) is 29.9 Å². The van der Waals surface area contributed by atoms with Gasteiger partial charge in [0.1, 0.15) is 5.75 Å². The summed E-state index contributed by atoms with van der Waals surface area (Å²) in [6, 6.07) is 11.2. The molecule has 0 fully saturated rings. The lowest BCUT2D eigenvalue weighted by molar-refractivity contribution is 0.0926. The second kappa shape index (κ2) is 11.4. The lowest BCUT2D eigenvalue weighted by Crippen LogP contribution is -2.42. The molecule has 142 valence electrons. The third-order valence-electron chi connectivity index (χ3n) is 3.61. The standard InChI is InChI=1S/C18H24N4O3.HI/c1-19-18(21-11-10-20-17(23)16-9-6-12-25-16)22(2)13-14-7-4-5-8-15(14)24-3;/h4-9,12H,10-11,13H2,1-3H3,(H,19,21)(H,20,23);1H. The van der Waals surface area contributed by atoms with E-state index in [2.05, 4.69) is 15.6 Å². The van der Waals surface area contributed by atoms with Crippen LogP contribution in [0.2, 0.25) is 0 Å². The third kappa shape index (κ3) is 6.25. The molecule has 0 aliphatic heterocycles. The van der Waals surface area contributed by atoms with Crippen molar-refractivity contribution in [1.82, 2.24) is 15.5 Å². The highest BCUT2D eigenvalue weighted by Gasteiger charge is 2.10. The molecule has 1 amide bonds. The van der Waals surface area contributed by atoms with Crippen molar-refractivity contribution in [3.8, 4) is 5.75 Å². The summed E-state index contributed by atoms with van der Waals surface area (Å²) >= 11 is 0. The van der Waals surface area contributed by atoms with Gasteiger partial charge in [0, 0.05) is 39.3 Å². The minimum Gasteiger partial charge on any atom is -0.496 e. The maximum absolute atomic E-state index is 11.8. The summed E-state index contributed by atoms with van der Waals surface area (Å²) in [4.78, 5) is 18.0. The maximum Gasteiger partial charge on any atom is 0.287 e. The number of methoxy groups -OCH3 is 1. The van der Waals surface area contributed by atoms with Crippen LogP contribution in [0.5, 0.6) is 5.75 Å². The van der Waals surface area contributed by atoms with E-state index in [1.807, 2.05) is 36.2 Å². The second-order valence-corrected chi connectivity index (χ2v) is 5.38. The Morgan fingerprint density at radius 2 is 1.92 bits per heavy atom. The van der Waals surface area contributed by atoms with Crippen LogP contribution in [0.15, 0.2) is 52.1 Å². The monoisotopic (exact) mass is 472 g/mol. The highest BCUT2D eigenvalue weighted by atomic mass is 127. The first kappa shape index (κ1) is 21.8. The van der Waals surface area contributed by atoms with E-state index in [4.69, 9.17) is 9.15 Å². The van der Waals surface area contributed by atoms with Gasteiger partial charge in [0.05, 0.1) is 13.4 Å². The minimum absolute atomic E-state index is 0. The van der Waals surface area contributed by atoms with Gasteiger partial charge in [-0.25, -0.2) is 0 Å². The molecule has 0 aliphatic carbocycles. The molecule has 0 radical (unpaired) electrons. The number of hydrogen-bond acceptors (Lipinski definition) is 4. The average molecular weight is 472 g/mol. The van der Waals surface area contributed by atoms with Crippen molar-refractivity contribution < 1.29 is 13.9 Å². The SMILES string of the molecule is CN=C(NCCNC(=O)c1ccco1)N(C)Cc1ccccc1OC.I. The Morgan fingerprint density at radius 1 is 1.19 bits per heavy atom. The van der Waals surface area contributed by atoms with Gasteiger partial charge in [-0.1, -0.05) is 18.2 Å². The molecule has 7 nitrogen and oxygen atoms in total. The van der Waals surface area contributed by atoms with Crippen LogP contribution in [-0.4, -0.2) is 51.1 Å². The van der Waals surface area contributed by atoms with Crippen LogP contribution >= 0.6 is 24.0 Å². The molecule has 1 aromatic carbocycles. The van der Waals surface area contributed by atoms with Gasteiger partial charge in [-0.05, 0) is 18.2 Å². The molecule has 1 aromatic heterocycles. The number of carbonyl (C=O) groups excluding carboxylic acids is 1. The number of benzene rings is 1. The topological polar surface area (TPSA) is 79.1 Å². The van der Waals surface area contributed by atoms with Gasteiger partial charge in [0.2, 0.25) is 0 Å². The maximum atomic E-state index is 11.8. The Morgan fingerprint density at radius 3 is 2.58 bits per heavy atom. The number of aliphatic imine (C=N–C) groups is 1. The van der Waals surface area contributed by atoms with Crippen molar-refractivity contribution in [3.63, 3.8) is 0 Å². The van der Waals surface area contributed by atoms with Crippen LogP contribution in [-0.2, 0) is 6.54 Å². The average Bonchev–Trinajstić information content (AvgIpc) is 3.16. The van der Waals surface area contributed by atoms with Crippen molar-refractivity contribution >= 4 is 35.8 Å². The largest absolute Gasteiger partial charge is 0.496 e. The molecule has 0 saturated carbocycles. The summed E-state index contributed by atoms with van der Waals surface area (Å²) in [7, 11) is 5.33. The Kier molecular flexibility index (Phi) is 9.56. The predicted octanol–water partition coefficient (Wildman–Crippen LogP) is 2.34. The van der Waals surface area contributed by atoms with E-state index in [9.17, 15) is 4.79 Å². The van der Waals surface area contributed by atoms with Gasteiger partial charge in [-0.2, -0.15) is 0 Å². The number of furan rings is 1. The van der Waals surface area contributed by atoms with Gasteiger partial charge in [0.25, 0.3) is 5.91 Å². The first-order chi connectivity index (χ1) is 12.2.